The average molecular weight is 480 g/mol. The van der Waals surface area contributed by atoms with Crippen LogP contribution in [0.4, 0.5) is 5.69 Å². The normalized spacial score (nSPS) is 17.2. The van der Waals surface area contributed by atoms with Gasteiger partial charge in [0.1, 0.15) is 0 Å². The number of Topliss-reactive ketones (excluding diaryl/α,β-unsaturated/α-hetero) is 2. The van der Waals surface area contributed by atoms with E-state index >= 15 is 0 Å². The standard InChI is InChI=1S/C26H29N3O4S/c1-3-18-15-21-23(27-22-5-4-6-24(31)26(21)22)16-25(18)34(32,33)29-13-11-28(12-14-29)20-9-7-19(8-10-20)17(2)30/h7-10,15-16,27H,3-6,11-14H2,1-2H3. The van der Waals surface area contributed by atoms with Gasteiger partial charge in [0.2, 0.25) is 10.0 Å². The van der Waals surface area contributed by atoms with E-state index in [-0.39, 0.29) is 11.6 Å². The van der Waals surface area contributed by atoms with Crippen molar-refractivity contribution >= 4 is 38.2 Å². The number of H-pyrrole nitrogens is 1. The largest absolute Gasteiger partial charge is 0.369 e. The Kier molecular flexibility index (Phi) is 5.81. The number of piperazine rings is 1. The monoisotopic (exact) mass is 479 g/mol. The summed E-state index contributed by atoms with van der Waals surface area (Å²) in [5, 5.41) is 0.842. The van der Waals surface area contributed by atoms with Crippen molar-refractivity contribution in [1.29, 1.82) is 0 Å². The Hall–Kier alpha value is -2.97. The molecule has 0 bridgehead atoms. The van der Waals surface area contributed by atoms with E-state index in [1.165, 1.54) is 0 Å². The Morgan fingerprint density at radius 2 is 1.74 bits per heavy atom. The van der Waals surface area contributed by atoms with Crippen LogP contribution in [0, 0.1) is 0 Å². The molecular formula is C26H29N3O4S. The number of aromatic nitrogens is 1. The zero-order valence-electron chi connectivity index (χ0n) is 19.6. The molecule has 1 saturated heterocycles. The Labute approximate surface area is 199 Å². The molecule has 2 aromatic carbocycles. The predicted molar refractivity (Wildman–Crippen MR) is 132 cm³/mol. The van der Waals surface area contributed by atoms with Crippen LogP contribution in [0.25, 0.3) is 10.9 Å². The predicted octanol–water partition coefficient (Wildman–Crippen LogP) is 3.96. The van der Waals surface area contributed by atoms with Gasteiger partial charge >= 0.3 is 0 Å². The Balaban J connectivity index is 1.41. The molecule has 1 aliphatic heterocycles. The van der Waals surface area contributed by atoms with E-state index in [9.17, 15) is 18.0 Å². The second-order valence-corrected chi connectivity index (χ2v) is 11.0. The summed E-state index contributed by atoms with van der Waals surface area (Å²) >= 11 is 0. The number of hydrogen-bond acceptors (Lipinski definition) is 5. The first-order valence-electron chi connectivity index (χ1n) is 11.9. The van der Waals surface area contributed by atoms with Crippen molar-refractivity contribution in [3.63, 3.8) is 0 Å². The number of nitrogens with zero attached hydrogens (tertiary/aromatic N) is 2. The van der Waals surface area contributed by atoms with Crippen LogP contribution in [-0.4, -0.2) is 55.5 Å². The number of ketones is 2. The first-order valence-corrected chi connectivity index (χ1v) is 13.3. The van der Waals surface area contributed by atoms with E-state index in [2.05, 4.69) is 9.88 Å². The van der Waals surface area contributed by atoms with E-state index < -0.39 is 10.0 Å². The fourth-order valence-electron chi connectivity index (χ4n) is 5.13. The minimum Gasteiger partial charge on any atom is -0.369 e. The third-order valence-electron chi connectivity index (χ3n) is 7.04. The van der Waals surface area contributed by atoms with Crippen LogP contribution in [-0.2, 0) is 22.9 Å². The van der Waals surface area contributed by atoms with E-state index in [1.807, 2.05) is 37.3 Å². The quantitative estimate of drug-likeness (QED) is 0.560. The number of aromatic amines is 1. The number of sulfonamides is 1. The minimum atomic E-state index is -3.68. The lowest BCUT2D eigenvalue weighted by Gasteiger charge is -2.35. The van der Waals surface area contributed by atoms with Crippen molar-refractivity contribution in [2.75, 3.05) is 31.1 Å². The number of hydrogen-bond donors (Lipinski definition) is 1. The Morgan fingerprint density at radius 1 is 1.03 bits per heavy atom. The van der Waals surface area contributed by atoms with E-state index in [0.29, 0.717) is 49.5 Å². The molecule has 1 aromatic heterocycles. The van der Waals surface area contributed by atoms with Crippen molar-refractivity contribution in [2.24, 2.45) is 0 Å². The van der Waals surface area contributed by atoms with Crippen molar-refractivity contribution < 1.29 is 18.0 Å². The Morgan fingerprint density at radius 3 is 2.38 bits per heavy atom. The Bertz CT molecular complexity index is 1380. The molecule has 0 saturated carbocycles. The van der Waals surface area contributed by atoms with Gasteiger partial charge in [-0.2, -0.15) is 4.31 Å². The molecule has 0 radical (unpaired) electrons. The molecule has 7 nitrogen and oxygen atoms in total. The number of anilines is 1. The summed E-state index contributed by atoms with van der Waals surface area (Å²) in [6.07, 6.45) is 2.76. The van der Waals surface area contributed by atoms with E-state index in [4.69, 9.17) is 0 Å². The van der Waals surface area contributed by atoms with Crippen molar-refractivity contribution in [3.05, 3.63) is 58.8 Å². The highest BCUT2D eigenvalue weighted by molar-refractivity contribution is 7.89. The van der Waals surface area contributed by atoms with Crippen molar-refractivity contribution in [2.45, 2.75) is 44.4 Å². The molecule has 1 N–H and O–H groups in total. The van der Waals surface area contributed by atoms with Gasteiger partial charge in [-0.25, -0.2) is 8.42 Å². The maximum atomic E-state index is 13.7. The van der Waals surface area contributed by atoms with Gasteiger partial charge in [0.25, 0.3) is 0 Å². The molecule has 34 heavy (non-hydrogen) atoms. The van der Waals surface area contributed by atoms with Crippen LogP contribution in [0.1, 0.15) is 58.7 Å². The van der Waals surface area contributed by atoms with Gasteiger partial charge < -0.3 is 9.88 Å². The summed E-state index contributed by atoms with van der Waals surface area (Å²) in [6.45, 7) is 5.42. The molecule has 5 rings (SSSR count). The molecule has 3 aromatic rings. The molecule has 1 aliphatic carbocycles. The van der Waals surface area contributed by atoms with Gasteiger partial charge in [-0.05, 0) is 68.1 Å². The lowest BCUT2D eigenvalue weighted by atomic mass is 9.94. The number of nitrogens with one attached hydrogen (secondary N) is 1. The first-order chi connectivity index (χ1) is 16.3. The average Bonchev–Trinajstić information content (AvgIpc) is 3.22. The molecule has 2 heterocycles. The van der Waals surface area contributed by atoms with E-state index in [1.54, 1.807) is 17.3 Å². The third kappa shape index (κ3) is 3.84. The number of fused-ring (bicyclic) bond motifs is 3. The summed E-state index contributed by atoms with van der Waals surface area (Å²) in [7, 11) is -3.68. The molecule has 0 atom stereocenters. The maximum absolute atomic E-state index is 13.7. The number of carbonyl (C=O) groups is 2. The minimum absolute atomic E-state index is 0.0263. The highest BCUT2D eigenvalue weighted by Gasteiger charge is 2.32. The maximum Gasteiger partial charge on any atom is 0.243 e. The highest BCUT2D eigenvalue weighted by Crippen LogP contribution is 2.34. The zero-order valence-corrected chi connectivity index (χ0v) is 20.4. The third-order valence-corrected chi connectivity index (χ3v) is 9.02. The molecule has 0 amide bonds. The first kappa shape index (κ1) is 22.8. The number of benzene rings is 2. The molecular weight excluding hydrogens is 450 g/mol. The van der Waals surface area contributed by atoms with Gasteiger partial charge in [0.05, 0.1) is 4.90 Å². The second kappa shape index (κ2) is 8.67. The smallest absolute Gasteiger partial charge is 0.243 e. The summed E-state index contributed by atoms with van der Waals surface area (Å²) in [5.41, 5.74) is 4.78. The molecule has 2 aliphatic rings. The van der Waals surface area contributed by atoms with Gasteiger partial charge in [-0.15, -0.1) is 0 Å². The molecule has 1 fully saturated rings. The van der Waals surface area contributed by atoms with Gasteiger partial charge in [-0.3, -0.25) is 9.59 Å². The van der Waals surface area contributed by atoms with Crippen LogP contribution in [0.3, 0.4) is 0 Å². The lowest BCUT2D eigenvalue weighted by molar-refractivity contribution is 0.0972. The van der Waals surface area contributed by atoms with E-state index in [0.717, 1.165) is 46.3 Å². The number of rotatable bonds is 5. The topological polar surface area (TPSA) is 90.6 Å². The summed E-state index contributed by atoms with van der Waals surface area (Å²) in [5.74, 6) is 0.163. The van der Waals surface area contributed by atoms with Crippen LogP contribution >= 0.6 is 0 Å². The molecule has 0 unspecified atom stereocenters. The fraction of sp³-hybridized carbons (Fsp3) is 0.385. The molecule has 178 valence electrons. The molecule has 8 heteroatoms. The van der Waals surface area contributed by atoms with Crippen LogP contribution in [0.15, 0.2) is 41.3 Å². The SMILES string of the molecule is CCc1cc2c3c([nH]c2cc1S(=O)(=O)N1CCN(c2ccc(C(C)=O)cc2)CC1)CCCC3=O. The summed E-state index contributed by atoms with van der Waals surface area (Å²) in [4.78, 5) is 29.8. The van der Waals surface area contributed by atoms with Crippen LogP contribution in [0.5, 0.6) is 0 Å². The summed E-state index contributed by atoms with van der Waals surface area (Å²) in [6, 6.07) is 11.1. The van der Waals surface area contributed by atoms with Crippen LogP contribution in [0.2, 0.25) is 0 Å². The molecule has 0 spiro atoms. The summed E-state index contributed by atoms with van der Waals surface area (Å²) < 4.78 is 28.9. The van der Waals surface area contributed by atoms with Crippen molar-refractivity contribution in [3.8, 4) is 0 Å². The van der Waals surface area contributed by atoms with Gasteiger partial charge in [0.15, 0.2) is 11.6 Å². The van der Waals surface area contributed by atoms with Gasteiger partial charge in [0, 0.05) is 66.0 Å². The lowest BCUT2D eigenvalue weighted by Crippen LogP contribution is -2.48. The van der Waals surface area contributed by atoms with Gasteiger partial charge in [-0.1, -0.05) is 6.92 Å². The zero-order chi connectivity index (χ0) is 24.0. The fourth-order valence-corrected chi connectivity index (χ4v) is 6.85. The second-order valence-electron chi connectivity index (χ2n) is 9.11. The number of carbonyl (C=O) groups excluding carboxylic acids is 2. The highest BCUT2D eigenvalue weighted by atomic mass is 32.2. The number of aryl methyl sites for hydroxylation is 2. The van der Waals surface area contributed by atoms with Crippen LogP contribution < -0.4 is 4.90 Å². The van der Waals surface area contributed by atoms with Crippen molar-refractivity contribution in [1.82, 2.24) is 9.29 Å².